The number of methoxy groups -OCH3 is 2. The lowest BCUT2D eigenvalue weighted by Gasteiger charge is -2.46. The number of hydrogen-bond acceptors (Lipinski definition) is 8. The maximum absolute atomic E-state index is 12.6. The van der Waals surface area contributed by atoms with Crippen LogP contribution in [0, 0.1) is 0 Å². The van der Waals surface area contributed by atoms with Gasteiger partial charge in [0.05, 0.1) is 33.5 Å². The SMILES string of the molecule is COc1ccc(CO[C@@H]2[C@@H](CO)O[C@@H](n3ccc(OC)nc3=O)C[C@H]2O[Si](C)(C)C(C)(C)C)cc1. The highest BCUT2D eigenvalue weighted by Gasteiger charge is 2.46. The first-order valence-electron chi connectivity index (χ1n) is 11.8. The van der Waals surface area contributed by atoms with Crippen LogP contribution in [0.4, 0.5) is 0 Å². The molecule has 0 radical (unpaired) electrons. The topological polar surface area (TPSA) is 101 Å². The van der Waals surface area contributed by atoms with E-state index in [4.69, 9.17) is 23.4 Å². The Morgan fingerprint density at radius 2 is 1.83 bits per heavy atom. The van der Waals surface area contributed by atoms with Crippen molar-refractivity contribution in [1.82, 2.24) is 9.55 Å². The molecule has 2 aromatic rings. The maximum Gasteiger partial charge on any atom is 0.352 e. The predicted octanol–water partition coefficient (Wildman–Crippen LogP) is 3.52. The van der Waals surface area contributed by atoms with Gasteiger partial charge in [0.25, 0.3) is 0 Å². The summed E-state index contributed by atoms with van der Waals surface area (Å²) in [4.78, 5) is 16.6. The molecule has 1 saturated heterocycles. The van der Waals surface area contributed by atoms with E-state index in [0.717, 1.165) is 11.3 Å². The highest BCUT2D eigenvalue weighted by atomic mass is 28.4. The van der Waals surface area contributed by atoms with Gasteiger partial charge in [-0.3, -0.25) is 4.57 Å². The van der Waals surface area contributed by atoms with Crippen LogP contribution in [-0.4, -0.2) is 62.1 Å². The molecule has 1 aromatic carbocycles. The van der Waals surface area contributed by atoms with Crippen LogP contribution in [0.15, 0.2) is 41.3 Å². The largest absolute Gasteiger partial charge is 0.497 e. The monoisotopic (exact) mass is 506 g/mol. The number of rotatable bonds is 9. The van der Waals surface area contributed by atoms with Crippen molar-refractivity contribution in [2.75, 3.05) is 20.8 Å². The van der Waals surface area contributed by atoms with Crippen molar-refractivity contribution in [2.24, 2.45) is 0 Å². The zero-order valence-electron chi connectivity index (χ0n) is 21.7. The molecule has 1 aromatic heterocycles. The Hall–Kier alpha value is -2.24. The lowest BCUT2D eigenvalue weighted by atomic mass is 10.0. The van der Waals surface area contributed by atoms with Gasteiger partial charge in [0.15, 0.2) is 8.32 Å². The van der Waals surface area contributed by atoms with Crippen LogP contribution in [0.2, 0.25) is 18.1 Å². The number of ether oxygens (including phenoxy) is 4. The Morgan fingerprint density at radius 1 is 1.14 bits per heavy atom. The molecule has 35 heavy (non-hydrogen) atoms. The summed E-state index contributed by atoms with van der Waals surface area (Å²) < 4.78 is 31.0. The fourth-order valence-corrected chi connectivity index (χ4v) is 5.10. The lowest BCUT2D eigenvalue weighted by Crippen LogP contribution is -2.56. The second-order valence-electron chi connectivity index (χ2n) is 10.2. The third-order valence-electron chi connectivity index (χ3n) is 6.86. The standard InChI is InChI=1S/C25H38N2O7Si/c1-25(2,3)35(6,7)34-19-14-22(27-13-12-21(31-5)26-24(27)29)33-20(15-28)23(19)32-16-17-8-10-18(30-4)11-9-17/h8-13,19-20,22-23,28H,14-16H2,1-7H3/t19-,20-,22-,23+/m1/s1. The molecule has 4 atom stereocenters. The summed E-state index contributed by atoms with van der Waals surface area (Å²) in [5.41, 5.74) is 0.473. The van der Waals surface area contributed by atoms with Gasteiger partial charge in [-0.25, -0.2) is 4.79 Å². The molecule has 0 spiro atoms. The maximum atomic E-state index is 12.6. The Balaban J connectivity index is 1.88. The molecule has 0 aliphatic carbocycles. The molecule has 0 saturated carbocycles. The fourth-order valence-electron chi connectivity index (χ4n) is 3.76. The fraction of sp³-hybridized carbons (Fsp3) is 0.600. The summed E-state index contributed by atoms with van der Waals surface area (Å²) in [6.07, 6.45) is -0.280. The zero-order chi connectivity index (χ0) is 25.8. The van der Waals surface area contributed by atoms with Crippen LogP contribution in [0.1, 0.15) is 39.0 Å². The second kappa shape index (κ2) is 11.2. The van der Waals surface area contributed by atoms with Crippen molar-refractivity contribution < 1.29 is 28.5 Å². The van der Waals surface area contributed by atoms with Crippen molar-refractivity contribution in [1.29, 1.82) is 0 Å². The van der Waals surface area contributed by atoms with Gasteiger partial charge in [0.1, 0.15) is 24.2 Å². The van der Waals surface area contributed by atoms with E-state index in [2.05, 4.69) is 38.8 Å². The summed E-state index contributed by atoms with van der Waals surface area (Å²) in [5.74, 6) is 0.999. The molecule has 0 amide bonds. The van der Waals surface area contributed by atoms with E-state index in [1.54, 1.807) is 19.4 Å². The van der Waals surface area contributed by atoms with Gasteiger partial charge in [-0.2, -0.15) is 4.98 Å². The molecule has 1 aliphatic heterocycles. The van der Waals surface area contributed by atoms with E-state index in [9.17, 15) is 9.90 Å². The minimum absolute atomic E-state index is 0.0332. The van der Waals surface area contributed by atoms with Gasteiger partial charge in [0, 0.05) is 18.7 Å². The van der Waals surface area contributed by atoms with E-state index in [1.807, 2.05) is 24.3 Å². The van der Waals surface area contributed by atoms with E-state index >= 15 is 0 Å². The van der Waals surface area contributed by atoms with E-state index < -0.39 is 32.4 Å². The summed E-state index contributed by atoms with van der Waals surface area (Å²) in [6.45, 7) is 10.9. The lowest BCUT2D eigenvalue weighted by molar-refractivity contribution is -0.217. The quantitative estimate of drug-likeness (QED) is 0.516. The Kier molecular flexibility index (Phi) is 8.76. The number of benzene rings is 1. The minimum atomic E-state index is -2.21. The molecular formula is C25H38N2O7Si. The van der Waals surface area contributed by atoms with Gasteiger partial charge in [-0.05, 0) is 35.8 Å². The zero-order valence-corrected chi connectivity index (χ0v) is 22.7. The predicted molar refractivity (Wildman–Crippen MR) is 134 cm³/mol. The van der Waals surface area contributed by atoms with Gasteiger partial charge >= 0.3 is 5.69 Å². The van der Waals surface area contributed by atoms with Crippen LogP contribution in [0.25, 0.3) is 0 Å². The van der Waals surface area contributed by atoms with Crippen LogP contribution in [0.3, 0.4) is 0 Å². The summed E-state index contributed by atoms with van der Waals surface area (Å²) in [5, 5.41) is 10.2. The van der Waals surface area contributed by atoms with Gasteiger partial charge in [-0.15, -0.1) is 0 Å². The Morgan fingerprint density at radius 3 is 2.37 bits per heavy atom. The second-order valence-corrected chi connectivity index (χ2v) is 15.0. The summed E-state index contributed by atoms with van der Waals surface area (Å²) >= 11 is 0. The number of nitrogens with zero attached hydrogens (tertiary/aromatic N) is 2. The van der Waals surface area contributed by atoms with Crippen LogP contribution in [0.5, 0.6) is 11.6 Å². The van der Waals surface area contributed by atoms with E-state index in [1.165, 1.54) is 11.7 Å². The van der Waals surface area contributed by atoms with Crippen molar-refractivity contribution in [3.63, 3.8) is 0 Å². The molecule has 1 fully saturated rings. The molecule has 10 heteroatoms. The first-order valence-corrected chi connectivity index (χ1v) is 14.7. The minimum Gasteiger partial charge on any atom is -0.497 e. The molecule has 194 valence electrons. The molecule has 1 aliphatic rings. The normalized spacial score (nSPS) is 23.2. The number of aliphatic hydroxyl groups is 1. The van der Waals surface area contributed by atoms with E-state index in [0.29, 0.717) is 13.0 Å². The van der Waals surface area contributed by atoms with Crippen molar-refractivity contribution in [3.8, 4) is 11.6 Å². The van der Waals surface area contributed by atoms with Crippen LogP contribution < -0.4 is 15.2 Å². The summed E-state index contributed by atoms with van der Waals surface area (Å²) in [7, 11) is 0.869. The van der Waals surface area contributed by atoms with Crippen LogP contribution >= 0.6 is 0 Å². The molecular weight excluding hydrogens is 468 g/mol. The molecule has 0 unspecified atom stereocenters. The highest BCUT2D eigenvalue weighted by Crippen LogP contribution is 2.41. The smallest absolute Gasteiger partial charge is 0.352 e. The third kappa shape index (κ3) is 6.50. The third-order valence-corrected chi connectivity index (χ3v) is 11.4. The van der Waals surface area contributed by atoms with Gasteiger partial charge in [-0.1, -0.05) is 32.9 Å². The first-order chi connectivity index (χ1) is 16.5. The molecule has 0 bridgehead atoms. The van der Waals surface area contributed by atoms with Gasteiger partial charge < -0.3 is 28.5 Å². The molecule has 3 rings (SSSR count). The molecule has 2 heterocycles. The molecule has 1 N–H and O–H groups in total. The Labute approximate surface area is 208 Å². The van der Waals surface area contributed by atoms with Crippen LogP contribution in [-0.2, 0) is 20.5 Å². The van der Waals surface area contributed by atoms with Crippen molar-refractivity contribution in [2.45, 2.75) is 76.5 Å². The number of aromatic nitrogens is 2. The first kappa shape index (κ1) is 27.3. The number of hydrogen-bond donors (Lipinski definition) is 1. The summed E-state index contributed by atoms with van der Waals surface area (Å²) in [6, 6.07) is 9.23. The Bertz CT molecular complexity index is 1020. The van der Waals surface area contributed by atoms with E-state index in [-0.39, 0.29) is 23.6 Å². The highest BCUT2D eigenvalue weighted by molar-refractivity contribution is 6.74. The van der Waals surface area contributed by atoms with Gasteiger partial charge in [0.2, 0.25) is 5.88 Å². The number of aliphatic hydroxyl groups excluding tert-OH is 1. The average molecular weight is 507 g/mol. The van der Waals surface area contributed by atoms with Crippen molar-refractivity contribution >= 4 is 8.32 Å². The average Bonchev–Trinajstić information content (AvgIpc) is 2.82. The van der Waals surface area contributed by atoms with Crippen molar-refractivity contribution in [3.05, 3.63) is 52.6 Å². The molecule has 9 nitrogen and oxygen atoms in total.